The summed E-state index contributed by atoms with van der Waals surface area (Å²) in [7, 11) is 1.69. The van der Waals surface area contributed by atoms with Gasteiger partial charge in [0.2, 0.25) is 5.91 Å². The Balaban J connectivity index is 2.13. The van der Waals surface area contributed by atoms with Crippen LogP contribution in [-0.2, 0) is 4.79 Å². The quantitative estimate of drug-likeness (QED) is 0.659. The molecular weight excluding hydrogens is 178 g/mol. The molecule has 0 bridgehead atoms. The van der Waals surface area contributed by atoms with E-state index < -0.39 is 0 Å². The van der Waals surface area contributed by atoms with E-state index in [-0.39, 0.29) is 5.91 Å². The van der Waals surface area contributed by atoms with Crippen LogP contribution in [-0.4, -0.2) is 50.1 Å². The van der Waals surface area contributed by atoms with Gasteiger partial charge in [0.05, 0.1) is 0 Å². The summed E-state index contributed by atoms with van der Waals surface area (Å²) in [6, 6.07) is 0.605. The Morgan fingerprint density at radius 2 is 2.43 bits per heavy atom. The molecular formula is C10H21N3O. The van der Waals surface area contributed by atoms with Gasteiger partial charge in [0.15, 0.2) is 0 Å². The molecule has 1 atom stereocenters. The second kappa shape index (κ2) is 5.98. The molecule has 1 saturated heterocycles. The molecule has 1 aliphatic rings. The Morgan fingerprint density at radius 1 is 1.64 bits per heavy atom. The lowest BCUT2D eigenvalue weighted by molar-refractivity contribution is -0.120. The van der Waals surface area contributed by atoms with Crippen molar-refractivity contribution in [2.24, 2.45) is 0 Å². The zero-order valence-corrected chi connectivity index (χ0v) is 9.18. The lowest BCUT2D eigenvalue weighted by Gasteiger charge is -2.33. The largest absolute Gasteiger partial charge is 0.359 e. The number of hydrogen-bond acceptors (Lipinski definition) is 3. The van der Waals surface area contributed by atoms with E-state index in [0.29, 0.717) is 12.5 Å². The van der Waals surface area contributed by atoms with Gasteiger partial charge in [0.25, 0.3) is 0 Å². The Morgan fingerprint density at radius 3 is 3.07 bits per heavy atom. The predicted molar refractivity (Wildman–Crippen MR) is 57.2 cm³/mol. The molecule has 1 rings (SSSR count). The van der Waals surface area contributed by atoms with E-state index in [1.54, 1.807) is 7.05 Å². The van der Waals surface area contributed by atoms with Crippen LogP contribution in [0.3, 0.4) is 0 Å². The minimum atomic E-state index is 0.146. The zero-order valence-electron chi connectivity index (χ0n) is 9.18. The van der Waals surface area contributed by atoms with E-state index in [1.165, 1.54) is 0 Å². The molecule has 0 aromatic carbocycles. The summed E-state index contributed by atoms with van der Waals surface area (Å²) >= 11 is 0. The molecule has 4 nitrogen and oxygen atoms in total. The summed E-state index contributed by atoms with van der Waals surface area (Å²) in [6.07, 6.45) is 1.61. The predicted octanol–water partition coefficient (Wildman–Crippen LogP) is -0.194. The van der Waals surface area contributed by atoms with Crippen LogP contribution < -0.4 is 10.6 Å². The minimum Gasteiger partial charge on any atom is -0.359 e. The van der Waals surface area contributed by atoms with Gasteiger partial charge in [-0.3, -0.25) is 9.69 Å². The van der Waals surface area contributed by atoms with Crippen LogP contribution in [0.15, 0.2) is 0 Å². The maximum atomic E-state index is 11.0. The van der Waals surface area contributed by atoms with Gasteiger partial charge < -0.3 is 10.6 Å². The topological polar surface area (TPSA) is 44.4 Å². The summed E-state index contributed by atoms with van der Waals surface area (Å²) in [4.78, 5) is 13.4. The highest BCUT2D eigenvalue weighted by Gasteiger charge is 2.16. The maximum Gasteiger partial charge on any atom is 0.219 e. The standard InChI is InChI=1S/C10H21N3O/c1-9-8-12-5-7-13(9)6-3-4-10(14)11-2/h9,12H,3-8H2,1-2H3,(H,11,14)/t9-/m1/s1. The summed E-state index contributed by atoms with van der Waals surface area (Å²) in [5.74, 6) is 0.146. The fourth-order valence-corrected chi connectivity index (χ4v) is 1.78. The van der Waals surface area contributed by atoms with E-state index in [4.69, 9.17) is 0 Å². The van der Waals surface area contributed by atoms with Gasteiger partial charge in [-0.15, -0.1) is 0 Å². The number of rotatable bonds is 4. The first kappa shape index (κ1) is 11.5. The number of piperazine rings is 1. The Bertz CT molecular complexity index is 184. The highest BCUT2D eigenvalue weighted by Crippen LogP contribution is 2.04. The SMILES string of the molecule is CNC(=O)CCCN1CCNC[C@H]1C. The highest BCUT2D eigenvalue weighted by atomic mass is 16.1. The van der Waals surface area contributed by atoms with Crippen LogP contribution in [0, 0.1) is 0 Å². The van der Waals surface area contributed by atoms with Crippen molar-refractivity contribution in [3.8, 4) is 0 Å². The molecule has 1 fully saturated rings. The number of amides is 1. The van der Waals surface area contributed by atoms with Gasteiger partial charge in [0.1, 0.15) is 0 Å². The molecule has 4 heteroatoms. The van der Waals surface area contributed by atoms with E-state index in [2.05, 4.69) is 22.5 Å². The average Bonchev–Trinajstić information content (AvgIpc) is 2.20. The third-order valence-corrected chi connectivity index (χ3v) is 2.77. The molecule has 1 heterocycles. The third kappa shape index (κ3) is 3.64. The molecule has 0 spiro atoms. The third-order valence-electron chi connectivity index (χ3n) is 2.77. The fraction of sp³-hybridized carbons (Fsp3) is 0.900. The van der Waals surface area contributed by atoms with Crippen molar-refractivity contribution in [1.29, 1.82) is 0 Å². The normalized spacial score (nSPS) is 23.4. The monoisotopic (exact) mass is 199 g/mol. The molecule has 1 aliphatic heterocycles. The molecule has 14 heavy (non-hydrogen) atoms. The summed E-state index contributed by atoms with van der Waals surface area (Å²) in [6.45, 7) is 6.52. The van der Waals surface area contributed by atoms with Crippen molar-refractivity contribution in [2.45, 2.75) is 25.8 Å². The Hall–Kier alpha value is -0.610. The molecule has 0 radical (unpaired) electrons. The lowest BCUT2D eigenvalue weighted by atomic mass is 10.2. The van der Waals surface area contributed by atoms with Crippen molar-refractivity contribution in [2.75, 3.05) is 33.2 Å². The zero-order chi connectivity index (χ0) is 10.4. The molecule has 0 aromatic heterocycles. The molecule has 2 N–H and O–H groups in total. The van der Waals surface area contributed by atoms with Gasteiger partial charge in [-0.1, -0.05) is 0 Å². The van der Waals surface area contributed by atoms with Crippen LogP contribution in [0.4, 0.5) is 0 Å². The van der Waals surface area contributed by atoms with Gasteiger partial charge in [-0.25, -0.2) is 0 Å². The number of hydrogen-bond donors (Lipinski definition) is 2. The van der Waals surface area contributed by atoms with E-state index in [9.17, 15) is 4.79 Å². The maximum absolute atomic E-state index is 11.0. The van der Waals surface area contributed by atoms with Crippen LogP contribution >= 0.6 is 0 Å². The smallest absolute Gasteiger partial charge is 0.219 e. The van der Waals surface area contributed by atoms with Crippen LogP contribution in [0.2, 0.25) is 0 Å². The summed E-state index contributed by atoms with van der Waals surface area (Å²) < 4.78 is 0. The number of nitrogens with one attached hydrogen (secondary N) is 2. The molecule has 0 aliphatic carbocycles. The van der Waals surface area contributed by atoms with Crippen LogP contribution in [0.25, 0.3) is 0 Å². The van der Waals surface area contributed by atoms with Crippen molar-refractivity contribution in [3.63, 3.8) is 0 Å². The van der Waals surface area contributed by atoms with E-state index in [0.717, 1.165) is 32.6 Å². The Kier molecular flexibility index (Phi) is 4.90. The Labute approximate surface area is 86.0 Å². The van der Waals surface area contributed by atoms with Crippen molar-refractivity contribution < 1.29 is 4.79 Å². The molecule has 82 valence electrons. The van der Waals surface area contributed by atoms with Crippen LogP contribution in [0.1, 0.15) is 19.8 Å². The van der Waals surface area contributed by atoms with Gasteiger partial charge >= 0.3 is 0 Å². The first-order chi connectivity index (χ1) is 6.74. The van der Waals surface area contributed by atoms with Gasteiger partial charge in [-0.05, 0) is 19.9 Å². The van der Waals surface area contributed by atoms with E-state index in [1.807, 2.05) is 0 Å². The summed E-state index contributed by atoms with van der Waals surface area (Å²) in [5, 5.41) is 6.00. The van der Waals surface area contributed by atoms with Gasteiger partial charge in [0, 0.05) is 39.1 Å². The van der Waals surface area contributed by atoms with Crippen molar-refractivity contribution >= 4 is 5.91 Å². The average molecular weight is 199 g/mol. The molecule has 1 amide bonds. The number of carbonyl (C=O) groups is 1. The molecule has 0 saturated carbocycles. The van der Waals surface area contributed by atoms with Crippen molar-refractivity contribution in [1.82, 2.24) is 15.5 Å². The first-order valence-electron chi connectivity index (χ1n) is 5.39. The highest BCUT2D eigenvalue weighted by molar-refractivity contribution is 5.75. The van der Waals surface area contributed by atoms with Crippen LogP contribution in [0.5, 0.6) is 0 Å². The second-order valence-corrected chi connectivity index (χ2v) is 3.87. The van der Waals surface area contributed by atoms with Gasteiger partial charge in [-0.2, -0.15) is 0 Å². The molecule has 0 unspecified atom stereocenters. The van der Waals surface area contributed by atoms with Crippen molar-refractivity contribution in [3.05, 3.63) is 0 Å². The molecule has 0 aromatic rings. The number of carbonyl (C=O) groups excluding carboxylic acids is 1. The van der Waals surface area contributed by atoms with E-state index >= 15 is 0 Å². The fourth-order valence-electron chi connectivity index (χ4n) is 1.78. The summed E-state index contributed by atoms with van der Waals surface area (Å²) in [5.41, 5.74) is 0. The minimum absolute atomic E-state index is 0.146. The first-order valence-corrected chi connectivity index (χ1v) is 5.39. The second-order valence-electron chi connectivity index (χ2n) is 3.87. The lowest BCUT2D eigenvalue weighted by Crippen LogP contribution is -2.50. The number of nitrogens with zero attached hydrogens (tertiary/aromatic N) is 1.